The second-order valence-electron chi connectivity index (χ2n) is 2.80. The van der Waals surface area contributed by atoms with Crippen molar-refractivity contribution in [1.29, 1.82) is 0 Å². The van der Waals surface area contributed by atoms with Crippen LogP contribution in [0.15, 0.2) is 47.3 Å². The van der Waals surface area contributed by atoms with E-state index in [9.17, 15) is 0 Å². The Morgan fingerprint density at radius 1 is 1.15 bits per heavy atom. The summed E-state index contributed by atoms with van der Waals surface area (Å²) in [7, 11) is 0. The maximum atomic E-state index is 5.82. The predicted octanol–water partition coefficient (Wildman–Crippen LogP) is 3.69. The largest absolute Gasteiger partial charge is 0.472 e. The van der Waals surface area contributed by atoms with Gasteiger partial charge in [-0.2, -0.15) is 0 Å². The molecule has 2 aromatic rings. The first kappa shape index (κ1) is 8.39. The maximum absolute atomic E-state index is 5.82. The molecule has 0 saturated heterocycles. The summed E-state index contributed by atoms with van der Waals surface area (Å²) in [6, 6.07) is 9.99. The Balaban J connectivity index is 2.51. The lowest BCUT2D eigenvalue weighted by molar-refractivity contribution is 0.568. The molecular formula is C11H9ClO. The second-order valence-corrected chi connectivity index (χ2v) is 3.07. The van der Waals surface area contributed by atoms with Crippen molar-refractivity contribution in [3.8, 4) is 11.1 Å². The molecule has 13 heavy (non-hydrogen) atoms. The minimum absolute atomic E-state index is 0.529. The molecule has 0 radical (unpaired) electrons. The molecule has 1 heterocycles. The van der Waals surface area contributed by atoms with Crippen molar-refractivity contribution in [2.75, 3.05) is 0 Å². The molecule has 2 heteroatoms. The fraction of sp³-hybridized carbons (Fsp3) is 0.0909. The van der Waals surface area contributed by atoms with Crippen LogP contribution in [0.4, 0.5) is 0 Å². The molecule has 1 aromatic carbocycles. The van der Waals surface area contributed by atoms with Gasteiger partial charge in [-0.25, -0.2) is 0 Å². The molecule has 0 bridgehead atoms. The van der Waals surface area contributed by atoms with E-state index in [1.165, 1.54) is 0 Å². The van der Waals surface area contributed by atoms with Gasteiger partial charge in [-0.15, -0.1) is 11.6 Å². The molecule has 0 spiro atoms. The van der Waals surface area contributed by atoms with Crippen molar-refractivity contribution in [2.24, 2.45) is 0 Å². The van der Waals surface area contributed by atoms with Crippen molar-refractivity contribution >= 4 is 11.6 Å². The molecule has 0 unspecified atom stereocenters. The van der Waals surface area contributed by atoms with Crippen LogP contribution in [0.25, 0.3) is 11.1 Å². The van der Waals surface area contributed by atoms with E-state index < -0.39 is 0 Å². The number of benzene rings is 1. The van der Waals surface area contributed by atoms with Crippen molar-refractivity contribution in [3.05, 3.63) is 48.4 Å². The minimum Gasteiger partial charge on any atom is -0.472 e. The quantitative estimate of drug-likeness (QED) is 0.662. The van der Waals surface area contributed by atoms with E-state index in [0.29, 0.717) is 5.88 Å². The van der Waals surface area contributed by atoms with Gasteiger partial charge in [-0.05, 0) is 17.2 Å². The molecular weight excluding hydrogens is 184 g/mol. The van der Waals surface area contributed by atoms with E-state index >= 15 is 0 Å². The van der Waals surface area contributed by atoms with Gasteiger partial charge in [0.1, 0.15) is 0 Å². The van der Waals surface area contributed by atoms with E-state index in [-0.39, 0.29) is 0 Å². The summed E-state index contributed by atoms with van der Waals surface area (Å²) in [6.45, 7) is 0. The van der Waals surface area contributed by atoms with Gasteiger partial charge in [0, 0.05) is 11.4 Å². The van der Waals surface area contributed by atoms with Gasteiger partial charge in [0.2, 0.25) is 0 Å². The van der Waals surface area contributed by atoms with Crippen LogP contribution in [-0.2, 0) is 5.88 Å². The van der Waals surface area contributed by atoms with Crippen LogP contribution in [0.1, 0.15) is 5.56 Å². The highest BCUT2D eigenvalue weighted by molar-refractivity contribution is 6.17. The summed E-state index contributed by atoms with van der Waals surface area (Å²) in [4.78, 5) is 0. The zero-order valence-corrected chi connectivity index (χ0v) is 7.79. The minimum atomic E-state index is 0.529. The van der Waals surface area contributed by atoms with Gasteiger partial charge < -0.3 is 4.42 Å². The van der Waals surface area contributed by atoms with Crippen LogP contribution in [-0.4, -0.2) is 0 Å². The Hall–Kier alpha value is -1.21. The molecule has 0 N–H and O–H groups in total. The van der Waals surface area contributed by atoms with Crippen molar-refractivity contribution in [3.63, 3.8) is 0 Å². The van der Waals surface area contributed by atoms with Crippen LogP contribution < -0.4 is 0 Å². The fourth-order valence-electron chi connectivity index (χ4n) is 1.34. The van der Waals surface area contributed by atoms with E-state index in [2.05, 4.69) is 0 Å². The number of hydrogen-bond donors (Lipinski definition) is 0. The summed E-state index contributed by atoms with van der Waals surface area (Å²) in [6.07, 6.45) is 3.39. The summed E-state index contributed by atoms with van der Waals surface area (Å²) in [5.41, 5.74) is 3.35. The zero-order valence-electron chi connectivity index (χ0n) is 7.03. The first-order valence-corrected chi connectivity index (χ1v) is 4.61. The fourth-order valence-corrected chi connectivity index (χ4v) is 1.57. The smallest absolute Gasteiger partial charge is 0.0981 e. The van der Waals surface area contributed by atoms with Gasteiger partial charge >= 0.3 is 0 Å². The van der Waals surface area contributed by atoms with E-state index in [4.69, 9.17) is 16.0 Å². The molecule has 0 atom stereocenters. The number of halogens is 1. The average Bonchev–Trinajstić information content (AvgIpc) is 2.70. The van der Waals surface area contributed by atoms with Crippen LogP contribution >= 0.6 is 11.6 Å². The third kappa shape index (κ3) is 1.61. The van der Waals surface area contributed by atoms with E-state index in [0.717, 1.165) is 16.7 Å². The van der Waals surface area contributed by atoms with Crippen LogP contribution in [0.2, 0.25) is 0 Å². The van der Waals surface area contributed by atoms with Crippen molar-refractivity contribution in [2.45, 2.75) is 5.88 Å². The van der Waals surface area contributed by atoms with Crippen LogP contribution in [0.5, 0.6) is 0 Å². The average molecular weight is 193 g/mol. The lowest BCUT2D eigenvalue weighted by atomic mass is 10.0. The highest BCUT2D eigenvalue weighted by atomic mass is 35.5. The number of alkyl halides is 1. The number of furan rings is 1. The van der Waals surface area contributed by atoms with Gasteiger partial charge in [0.25, 0.3) is 0 Å². The predicted molar refractivity (Wildman–Crippen MR) is 53.7 cm³/mol. The summed E-state index contributed by atoms with van der Waals surface area (Å²) in [5.74, 6) is 0.529. The van der Waals surface area contributed by atoms with E-state index in [1.807, 2.05) is 30.3 Å². The summed E-state index contributed by atoms with van der Waals surface area (Å²) < 4.78 is 5.03. The molecule has 66 valence electrons. The molecule has 0 aliphatic rings. The Morgan fingerprint density at radius 3 is 2.69 bits per heavy atom. The van der Waals surface area contributed by atoms with Crippen molar-refractivity contribution < 1.29 is 4.42 Å². The van der Waals surface area contributed by atoms with Gasteiger partial charge in [-0.1, -0.05) is 24.3 Å². The SMILES string of the molecule is ClCc1ccccc1-c1ccoc1. The topological polar surface area (TPSA) is 13.1 Å². The van der Waals surface area contributed by atoms with Crippen LogP contribution in [0, 0.1) is 0 Å². The molecule has 0 aliphatic carbocycles. The van der Waals surface area contributed by atoms with Crippen LogP contribution in [0.3, 0.4) is 0 Å². The monoisotopic (exact) mass is 192 g/mol. The zero-order chi connectivity index (χ0) is 9.10. The molecule has 0 fully saturated rings. The Kier molecular flexibility index (Phi) is 2.37. The Morgan fingerprint density at radius 2 is 2.00 bits per heavy atom. The number of rotatable bonds is 2. The Labute approximate surface area is 82.0 Å². The lowest BCUT2D eigenvalue weighted by Crippen LogP contribution is -1.82. The van der Waals surface area contributed by atoms with Gasteiger partial charge in [0.15, 0.2) is 0 Å². The highest BCUT2D eigenvalue weighted by Gasteiger charge is 2.03. The second kappa shape index (κ2) is 3.67. The molecule has 2 rings (SSSR count). The first-order valence-electron chi connectivity index (χ1n) is 4.08. The molecule has 1 nitrogen and oxygen atoms in total. The summed E-state index contributed by atoms with van der Waals surface area (Å²) in [5, 5.41) is 0. The molecule has 0 aliphatic heterocycles. The third-order valence-corrected chi connectivity index (χ3v) is 2.28. The van der Waals surface area contributed by atoms with Gasteiger partial charge in [0.05, 0.1) is 12.5 Å². The first-order chi connectivity index (χ1) is 6.42. The standard InChI is InChI=1S/C11H9ClO/c12-7-9-3-1-2-4-11(9)10-5-6-13-8-10/h1-6,8H,7H2. The lowest BCUT2D eigenvalue weighted by Gasteiger charge is -2.02. The van der Waals surface area contributed by atoms with Gasteiger partial charge in [-0.3, -0.25) is 0 Å². The highest BCUT2D eigenvalue weighted by Crippen LogP contribution is 2.24. The third-order valence-electron chi connectivity index (χ3n) is 1.99. The van der Waals surface area contributed by atoms with E-state index in [1.54, 1.807) is 12.5 Å². The normalized spacial score (nSPS) is 10.2. The molecule has 0 saturated carbocycles. The maximum Gasteiger partial charge on any atom is 0.0981 e. The molecule has 0 amide bonds. The summed E-state index contributed by atoms with van der Waals surface area (Å²) >= 11 is 5.82. The number of hydrogen-bond acceptors (Lipinski definition) is 1. The Bertz CT molecular complexity index is 379. The van der Waals surface area contributed by atoms with Crippen molar-refractivity contribution in [1.82, 2.24) is 0 Å². The molecule has 1 aromatic heterocycles.